The second-order valence-electron chi connectivity index (χ2n) is 7.77. The molecule has 0 aliphatic rings. The molecule has 35 heavy (non-hydrogen) atoms. The van der Waals surface area contributed by atoms with E-state index in [1.165, 1.54) is 6.07 Å². The minimum atomic E-state index is -4.66. The van der Waals surface area contributed by atoms with Crippen molar-refractivity contribution < 1.29 is 27.4 Å². The molecule has 3 aromatic rings. The van der Waals surface area contributed by atoms with Crippen molar-refractivity contribution in [2.45, 2.75) is 44.2 Å². The maximum atomic E-state index is 13.3. The van der Waals surface area contributed by atoms with Gasteiger partial charge in [0, 0.05) is 17.1 Å². The molecule has 0 aliphatic carbocycles. The molecule has 0 aliphatic heterocycles. The molecule has 1 aromatic heterocycles. The molecule has 2 aromatic carbocycles. The van der Waals surface area contributed by atoms with Gasteiger partial charge in [0.15, 0.2) is 17.1 Å². The number of thioether (sulfide) groups is 1. The number of methoxy groups -OCH3 is 1. The van der Waals surface area contributed by atoms with Gasteiger partial charge < -0.3 is 19.4 Å². The molecule has 3 rings (SSSR count). The van der Waals surface area contributed by atoms with E-state index >= 15 is 0 Å². The number of alkyl halides is 3. The molecule has 0 saturated heterocycles. The van der Waals surface area contributed by atoms with Gasteiger partial charge in [0.05, 0.1) is 24.1 Å². The largest absolute Gasteiger partial charge is 0.497 e. The number of nitrogens with one attached hydrogen (secondary N) is 1. The van der Waals surface area contributed by atoms with Crippen LogP contribution in [0.5, 0.6) is 11.5 Å². The predicted molar refractivity (Wildman–Crippen MR) is 128 cm³/mol. The molecule has 0 radical (unpaired) electrons. The summed E-state index contributed by atoms with van der Waals surface area (Å²) in [7, 11) is 1.56. The summed E-state index contributed by atoms with van der Waals surface area (Å²) < 4.78 is 52.9. The molecular formula is C23H24ClF3N4O3S. The van der Waals surface area contributed by atoms with Crippen LogP contribution in [0, 0.1) is 0 Å². The molecule has 7 nitrogen and oxygen atoms in total. The van der Waals surface area contributed by atoms with Crippen LogP contribution in [-0.4, -0.2) is 33.5 Å². The van der Waals surface area contributed by atoms with Gasteiger partial charge >= 0.3 is 6.18 Å². The first kappa shape index (κ1) is 26.7. The van der Waals surface area contributed by atoms with Gasteiger partial charge in [-0.3, -0.25) is 4.79 Å². The zero-order chi connectivity index (χ0) is 25.8. The Morgan fingerprint density at radius 3 is 2.51 bits per heavy atom. The lowest BCUT2D eigenvalue weighted by atomic mass is 10.1. The van der Waals surface area contributed by atoms with E-state index in [-0.39, 0.29) is 22.5 Å². The zero-order valence-corrected chi connectivity index (χ0v) is 21.0. The van der Waals surface area contributed by atoms with E-state index in [9.17, 15) is 18.0 Å². The number of nitrogens with zero attached hydrogens (tertiary/aromatic N) is 3. The fourth-order valence-electron chi connectivity index (χ4n) is 3.26. The van der Waals surface area contributed by atoms with E-state index in [0.717, 1.165) is 23.9 Å². The van der Waals surface area contributed by atoms with Crippen molar-refractivity contribution >= 4 is 35.0 Å². The SMILES string of the molecule is COc1cccc(OC(C)c2nnc(SCC(=O)Nc3ccc(Cl)cc3C(F)(F)F)n2C(C)C)c1. The lowest BCUT2D eigenvalue weighted by Gasteiger charge is -2.19. The van der Waals surface area contributed by atoms with Gasteiger partial charge in [-0.15, -0.1) is 10.2 Å². The van der Waals surface area contributed by atoms with E-state index in [0.29, 0.717) is 22.5 Å². The Hall–Kier alpha value is -2.92. The number of hydrogen-bond acceptors (Lipinski definition) is 6. The Labute approximate surface area is 210 Å². The minimum Gasteiger partial charge on any atom is -0.497 e. The number of hydrogen-bond donors (Lipinski definition) is 1. The van der Waals surface area contributed by atoms with Gasteiger partial charge in [-0.2, -0.15) is 13.2 Å². The lowest BCUT2D eigenvalue weighted by Crippen LogP contribution is -2.19. The Balaban J connectivity index is 1.72. The summed E-state index contributed by atoms with van der Waals surface area (Å²) in [6.07, 6.45) is -5.13. The predicted octanol–water partition coefficient (Wildman–Crippen LogP) is 6.41. The average Bonchev–Trinajstić information content (AvgIpc) is 3.23. The number of rotatable bonds is 9. The smallest absolute Gasteiger partial charge is 0.418 e. The van der Waals surface area contributed by atoms with Crippen LogP contribution < -0.4 is 14.8 Å². The van der Waals surface area contributed by atoms with Gasteiger partial charge in [-0.05, 0) is 51.1 Å². The van der Waals surface area contributed by atoms with Crippen LogP contribution in [0.2, 0.25) is 5.02 Å². The number of anilines is 1. The second kappa shape index (κ2) is 11.2. The average molecular weight is 529 g/mol. The fraction of sp³-hybridized carbons (Fsp3) is 0.348. The fourth-order valence-corrected chi connectivity index (χ4v) is 4.30. The summed E-state index contributed by atoms with van der Waals surface area (Å²) in [5, 5.41) is 11.1. The third-order valence-corrected chi connectivity index (χ3v) is 6.00. The summed E-state index contributed by atoms with van der Waals surface area (Å²) in [5.41, 5.74) is -1.38. The highest BCUT2D eigenvalue weighted by Crippen LogP contribution is 2.37. The van der Waals surface area contributed by atoms with Gasteiger partial charge in [0.2, 0.25) is 5.91 Å². The molecule has 1 amide bonds. The highest BCUT2D eigenvalue weighted by molar-refractivity contribution is 7.99. The number of halogens is 4. The molecule has 0 bridgehead atoms. The van der Waals surface area contributed by atoms with Crippen LogP contribution in [-0.2, 0) is 11.0 Å². The highest BCUT2D eigenvalue weighted by atomic mass is 35.5. The number of ether oxygens (including phenoxy) is 2. The molecule has 188 valence electrons. The van der Waals surface area contributed by atoms with Crippen molar-refractivity contribution in [3.63, 3.8) is 0 Å². The molecule has 1 N–H and O–H groups in total. The summed E-state index contributed by atoms with van der Waals surface area (Å²) in [6, 6.07) is 10.3. The Kier molecular flexibility index (Phi) is 8.55. The number of aromatic nitrogens is 3. The van der Waals surface area contributed by atoms with E-state index in [1.807, 2.05) is 25.3 Å². The third-order valence-electron chi connectivity index (χ3n) is 4.82. The van der Waals surface area contributed by atoms with Crippen molar-refractivity contribution in [1.82, 2.24) is 14.8 Å². The summed E-state index contributed by atoms with van der Waals surface area (Å²) in [5.74, 6) is 0.991. The second-order valence-corrected chi connectivity index (χ2v) is 9.15. The molecule has 12 heteroatoms. The first-order valence-corrected chi connectivity index (χ1v) is 11.9. The van der Waals surface area contributed by atoms with E-state index < -0.39 is 23.8 Å². The van der Waals surface area contributed by atoms with Gasteiger partial charge in [0.1, 0.15) is 11.5 Å². The quantitative estimate of drug-likeness (QED) is 0.323. The van der Waals surface area contributed by atoms with Crippen LogP contribution >= 0.6 is 23.4 Å². The molecule has 0 spiro atoms. The summed E-state index contributed by atoms with van der Waals surface area (Å²) in [4.78, 5) is 12.4. The van der Waals surface area contributed by atoms with E-state index in [2.05, 4.69) is 15.5 Å². The van der Waals surface area contributed by atoms with Gasteiger partial charge in [0.25, 0.3) is 0 Å². The zero-order valence-electron chi connectivity index (χ0n) is 19.4. The van der Waals surface area contributed by atoms with Gasteiger partial charge in [-0.25, -0.2) is 0 Å². The number of benzene rings is 2. The van der Waals surface area contributed by atoms with Gasteiger partial charge in [-0.1, -0.05) is 29.4 Å². The first-order valence-electron chi connectivity index (χ1n) is 10.5. The topological polar surface area (TPSA) is 78.3 Å². The molecule has 1 atom stereocenters. The standard InChI is InChI=1S/C23H24ClF3N4O3S/c1-13(2)31-21(14(3)34-17-7-5-6-16(11-17)33-4)29-30-22(31)35-12-20(32)28-19-9-8-15(24)10-18(19)23(25,26)27/h5-11,13-14H,12H2,1-4H3,(H,28,32). The van der Waals surface area contributed by atoms with E-state index in [4.69, 9.17) is 21.1 Å². The van der Waals surface area contributed by atoms with Crippen molar-refractivity contribution in [2.75, 3.05) is 18.2 Å². The Morgan fingerprint density at radius 2 is 1.86 bits per heavy atom. The maximum Gasteiger partial charge on any atom is 0.418 e. The minimum absolute atomic E-state index is 0.0602. The number of carbonyl (C=O) groups excluding carboxylic acids is 1. The van der Waals surface area contributed by atoms with E-state index in [1.54, 1.807) is 31.4 Å². The molecule has 1 heterocycles. The number of carbonyl (C=O) groups is 1. The summed E-state index contributed by atoms with van der Waals surface area (Å²) >= 11 is 6.75. The van der Waals surface area contributed by atoms with Crippen LogP contribution in [0.25, 0.3) is 0 Å². The Bertz CT molecular complexity index is 1190. The molecule has 0 saturated carbocycles. The Morgan fingerprint density at radius 1 is 1.14 bits per heavy atom. The summed E-state index contributed by atoms with van der Waals surface area (Å²) in [6.45, 7) is 5.68. The first-order chi connectivity index (χ1) is 16.5. The van der Waals surface area contributed by atoms with Crippen molar-refractivity contribution in [3.8, 4) is 11.5 Å². The highest BCUT2D eigenvalue weighted by Gasteiger charge is 2.34. The lowest BCUT2D eigenvalue weighted by molar-refractivity contribution is -0.137. The van der Waals surface area contributed by atoms with Crippen LogP contribution in [0.3, 0.4) is 0 Å². The van der Waals surface area contributed by atoms with Crippen molar-refractivity contribution in [3.05, 3.63) is 58.9 Å². The molecular weight excluding hydrogens is 505 g/mol. The normalized spacial score (nSPS) is 12.5. The third kappa shape index (κ3) is 6.82. The molecule has 1 unspecified atom stereocenters. The number of amides is 1. The van der Waals surface area contributed by atoms with Crippen molar-refractivity contribution in [2.24, 2.45) is 0 Å². The van der Waals surface area contributed by atoms with Crippen LogP contribution in [0.1, 0.15) is 44.3 Å². The molecule has 0 fully saturated rings. The monoisotopic (exact) mass is 528 g/mol. The van der Waals surface area contributed by atoms with Crippen LogP contribution in [0.15, 0.2) is 47.6 Å². The van der Waals surface area contributed by atoms with Crippen LogP contribution in [0.4, 0.5) is 18.9 Å². The maximum absolute atomic E-state index is 13.3. The van der Waals surface area contributed by atoms with Crippen molar-refractivity contribution in [1.29, 1.82) is 0 Å².